The lowest BCUT2D eigenvalue weighted by Crippen LogP contribution is -2.30. The molecule has 0 aliphatic carbocycles. The lowest BCUT2D eigenvalue weighted by molar-refractivity contribution is -0.161. The fourth-order valence-corrected chi connectivity index (χ4v) is 11.2. The fraction of sp³-hybridized carbons (Fsp3) is 0.938. The Bertz CT molecular complexity index is 1680. The van der Waals surface area contributed by atoms with Crippen LogP contribution in [0.3, 0.4) is 0 Å². The number of aliphatic hydroxyl groups excluding tert-OH is 1. The molecule has 0 amide bonds. The number of phosphoric acid groups is 2. The molecule has 0 heterocycles. The second-order valence-corrected chi connectivity index (χ2v) is 28.1. The van der Waals surface area contributed by atoms with Gasteiger partial charge in [-0.3, -0.25) is 37.3 Å². The van der Waals surface area contributed by atoms with Crippen LogP contribution in [-0.2, 0) is 65.4 Å². The van der Waals surface area contributed by atoms with Crippen molar-refractivity contribution < 1.29 is 80.2 Å². The minimum absolute atomic E-state index is 0.101. The summed E-state index contributed by atoms with van der Waals surface area (Å²) < 4.78 is 68.0. The molecule has 19 heteroatoms. The van der Waals surface area contributed by atoms with Gasteiger partial charge in [0.25, 0.3) is 0 Å². The predicted molar refractivity (Wildman–Crippen MR) is 335 cm³/mol. The van der Waals surface area contributed by atoms with Gasteiger partial charge < -0.3 is 33.8 Å². The number of unbranched alkanes of at least 4 members (excludes halogenated alkanes) is 27. The molecule has 0 aliphatic heterocycles. The highest BCUT2D eigenvalue weighted by molar-refractivity contribution is 7.47. The Kier molecular flexibility index (Phi) is 53.9. The van der Waals surface area contributed by atoms with Crippen LogP contribution in [0.5, 0.6) is 0 Å². The van der Waals surface area contributed by atoms with E-state index in [-0.39, 0.29) is 25.7 Å². The summed E-state index contributed by atoms with van der Waals surface area (Å²) in [6.07, 6.45) is 35.0. The number of hydrogen-bond acceptors (Lipinski definition) is 15. The van der Waals surface area contributed by atoms with E-state index in [1.54, 1.807) is 0 Å². The smallest absolute Gasteiger partial charge is 0.462 e. The van der Waals surface area contributed by atoms with Crippen LogP contribution in [-0.4, -0.2) is 96.7 Å². The summed E-state index contributed by atoms with van der Waals surface area (Å²) in [4.78, 5) is 72.2. The molecule has 4 unspecified atom stereocenters. The SMILES string of the molecule is CCC(C)CCCCCCCCCCC(=O)OC[C@H](COP(=O)(O)OCC(O)COP(=O)(O)OC[C@@H](COC(=O)CCCCCCCCCCC(C)C)OC(=O)CCCCCCCCCCCC(C)C)OC(=O)CCCCCCCCC(C)C. The van der Waals surface area contributed by atoms with Crippen molar-refractivity contribution in [3.8, 4) is 0 Å². The van der Waals surface area contributed by atoms with E-state index in [2.05, 4.69) is 55.4 Å². The fourth-order valence-electron chi connectivity index (χ4n) is 9.57. The highest BCUT2D eigenvalue weighted by Gasteiger charge is 2.30. The largest absolute Gasteiger partial charge is 0.472 e. The molecule has 6 atom stereocenters. The lowest BCUT2D eigenvalue weighted by atomic mass is 9.99. The summed E-state index contributed by atoms with van der Waals surface area (Å²) in [5, 5.41) is 10.5. The van der Waals surface area contributed by atoms with E-state index in [1.807, 2.05) is 0 Å². The number of phosphoric ester groups is 2. The lowest BCUT2D eigenvalue weighted by Gasteiger charge is -2.21. The van der Waals surface area contributed by atoms with Crippen molar-refractivity contribution in [3.05, 3.63) is 0 Å². The van der Waals surface area contributed by atoms with Gasteiger partial charge in [-0.2, -0.15) is 0 Å². The van der Waals surface area contributed by atoms with E-state index >= 15 is 0 Å². The van der Waals surface area contributed by atoms with Crippen LogP contribution in [0.4, 0.5) is 0 Å². The Labute approximate surface area is 511 Å². The molecule has 0 aromatic rings. The molecular formula is C65H126O17P2. The van der Waals surface area contributed by atoms with Crippen molar-refractivity contribution in [2.45, 2.75) is 331 Å². The summed E-state index contributed by atoms with van der Waals surface area (Å²) in [5.41, 5.74) is 0. The average molecular weight is 1240 g/mol. The molecule has 0 rings (SSSR count). The molecular weight excluding hydrogens is 1110 g/mol. The number of ether oxygens (including phenoxy) is 4. The molecule has 84 heavy (non-hydrogen) atoms. The van der Waals surface area contributed by atoms with Crippen molar-refractivity contribution in [1.82, 2.24) is 0 Å². The summed E-state index contributed by atoms with van der Waals surface area (Å²) in [6, 6.07) is 0. The third kappa shape index (κ3) is 57.8. The zero-order valence-electron chi connectivity index (χ0n) is 54.5. The van der Waals surface area contributed by atoms with Gasteiger partial charge >= 0.3 is 39.5 Å². The number of hydrogen-bond donors (Lipinski definition) is 3. The molecule has 17 nitrogen and oxygen atoms in total. The summed E-state index contributed by atoms with van der Waals surface area (Å²) in [5.74, 6) is 0.768. The van der Waals surface area contributed by atoms with E-state index in [0.29, 0.717) is 31.6 Å². The van der Waals surface area contributed by atoms with Crippen LogP contribution in [0.15, 0.2) is 0 Å². The van der Waals surface area contributed by atoms with Gasteiger partial charge in [0, 0.05) is 25.7 Å². The van der Waals surface area contributed by atoms with E-state index < -0.39 is 97.5 Å². The van der Waals surface area contributed by atoms with Crippen LogP contribution in [0.25, 0.3) is 0 Å². The normalized spacial score (nSPS) is 14.7. The third-order valence-electron chi connectivity index (χ3n) is 15.2. The molecule has 0 radical (unpaired) electrons. The summed E-state index contributed by atoms with van der Waals surface area (Å²) in [6.45, 7) is 14.0. The topological polar surface area (TPSA) is 237 Å². The number of carbonyl (C=O) groups excluding carboxylic acids is 4. The van der Waals surface area contributed by atoms with Crippen molar-refractivity contribution >= 4 is 39.5 Å². The van der Waals surface area contributed by atoms with E-state index in [9.17, 15) is 43.2 Å². The van der Waals surface area contributed by atoms with Crippen LogP contribution < -0.4 is 0 Å². The second kappa shape index (κ2) is 55.2. The monoisotopic (exact) mass is 1240 g/mol. The molecule has 0 spiro atoms. The Morgan fingerprint density at radius 2 is 0.571 bits per heavy atom. The first-order valence-electron chi connectivity index (χ1n) is 33.7. The van der Waals surface area contributed by atoms with Crippen molar-refractivity contribution in [3.63, 3.8) is 0 Å². The van der Waals surface area contributed by atoms with Crippen LogP contribution in [0, 0.1) is 23.7 Å². The average Bonchev–Trinajstić information content (AvgIpc) is 3.44. The van der Waals surface area contributed by atoms with Gasteiger partial charge in [-0.15, -0.1) is 0 Å². The number of esters is 4. The minimum atomic E-state index is -4.95. The standard InChI is InChI=1S/C65H126O17P2/c1-9-58(8)44-36-28-19-14-16-21-30-38-46-63(68)76-52-61(82-65(70)48-40-32-24-23-27-35-43-57(6)7)54-80-84(73,74)78-50-59(66)49-77-83(71,72)79-53-60(51-75-62(67)45-37-29-20-15-13-18-26-34-42-56(4)5)81-64(69)47-39-31-22-12-10-11-17-25-33-41-55(2)3/h55-61,66H,9-54H2,1-8H3,(H,71,72)(H,73,74)/t58?,59?,60-,61-/m1/s1. The quantitative estimate of drug-likeness (QED) is 0.0222. The molecule has 0 aromatic heterocycles. The maximum atomic E-state index is 13.0. The van der Waals surface area contributed by atoms with Crippen molar-refractivity contribution in [1.29, 1.82) is 0 Å². The third-order valence-corrected chi connectivity index (χ3v) is 17.1. The highest BCUT2D eigenvalue weighted by atomic mass is 31.2. The zero-order valence-corrected chi connectivity index (χ0v) is 56.3. The van der Waals surface area contributed by atoms with Gasteiger partial charge in [0.1, 0.15) is 19.3 Å². The van der Waals surface area contributed by atoms with E-state index in [0.717, 1.165) is 108 Å². The first-order valence-corrected chi connectivity index (χ1v) is 36.7. The van der Waals surface area contributed by atoms with Crippen molar-refractivity contribution in [2.24, 2.45) is 23.7 Å². The molecule has 3 N–H and O–H groups in total. The van der Waals surface area contributed by atoms with E-state index in [1.165, 1.54) is 116 Å². The second-order valence-electron chi connectivity index (χ2n) is 25.2. The Balaban J connectivity index is 5.25. The van der Waals surface area contributed by atoms with Crippen LogP contribution in [0.2, 0.25) is 0 Å². The zero-order chi connectivity index (χ0) is 62.5. The maximum absolute atomic E-state index is 13.0. The van der Waals surface area contributed by atoms with Gasteiger partial charge in [-0.1, -0.05) is 261 Å². The van der Waals surface area contributed by atoms with Gasteiger partial charge in [0.2, 0.25) is 0 Å². The van der Waals surface area contributed by atoms with Crippen molar-refractivity contribution in [2.75, 3.05) is 39.6 Å². The van der Waals surface area contributed by atoms with E-state index in [4.69, 9.17) is 37.0 Å². The Morgan fingerprint density at radius 1 is 0.333 bits per heavy atom. The number of aliphatic hydroxyl groups is 1. The maximum Gasteiger partial charge on any atom is 0.472 e. The molecule has 0 bridgehead atoms. The first-order chi connectivity index (χ1) is 40.1. The highest BCUT2D eigenvalue weighted by Crippen LogP contribution is 2.45. The molecule has 0 fully saturated rings. The molecule has 0 saturated carbocycles. The van der Waals surface area contributed by atoms with Crippen LogP contribution >= 0.6 is 15.6 Å². The van der Waals surface area contributed by atoms with Gasteiger partial charge in [-0.25, -0.2) is 9.13 Å². The number of rotatable bonds is 62. The first kappa shape index (κ1) is 82.1. The molecule has 498 valence electrons. The number of carbonyl (C=O) groups is 4. The van der Waals surface area contributed by atoms with Gasteiger partial charge in [-0.05, 0) is 49.4 Å². The molecule has 0 aromatic carbocycles. The summed E-state index contributed by atoms with van der Waals surface area (Å²) in [7, 11) is -9.89. The molecule has 0 saturated heterocycles. The Morgan fingerprint density at radius 3 is 0.845 bits per heavy atom. The van der Waals surface area contributed by atoms with Gasteiger partial charge in [0.05, 0.1) is 26.4 Å². The molecule has 0 aliphatic rings. The predicted octanol–water partition coefficient (Wildman–Crippen LogP) is 17.8. The Hall–Kier alpha value is -1.94. The summed E-state index contributed by atoms with van der Waals surface area (Å²) >= 11 is 0. The van der Waals surface area contributed by atoms with Gasteiger partial charge in [0.15, 0.2) is 12.2 Å². The van der Waals surface area contributed by atoms with Crippen LogP contribution in [0.1, 0.15) is 312 Å². The minimum Gasteiger partial charge on any atom is -0.462 e.